The van der Waals surface area contributed by atoms with E-state index in [-0.39, 0.29) is 11.9 Å². The van der Waals surface area contributed by atoms with Gasteiger partial charge in [0.05, 0.1) is 11.6 Å². The van der Waals surface area contributed by atoms with Crippen LogP contribution in [0.3, 0.4) is 0 Å². The smallest absolute Gasteiger partial charge is 0.137 e. The SMILES string of the molecule is CNC(Cc1cccc(OC)c1)Cc1cccc(F)c1Br. The standard InChI is InChI=1S/C17H19BrFNO/c1-20-14(9-12-5-3-7-15(10-12)21-2)11-13-6-4-8-16(19)17(13)18/h3-8,10,14,20H,9,11H2,1-2H3. The molecule has 0 saturated heterocycles. The maximum Gasteiger partial charge on any atom is 0.137 e. The Balaban J connectivity index is 2.11. The largest absolute Gasteiger partial charge is 0.497 e. The third-order valence-electron chi connectivity index (χ3n) is 3.52. The lowest BCUT2D eigenvalue weighted by Crippen LogP contribution is -2.30. The van der Waals surface area contributed by atoms with Gasteiger partial charge in [-0.25, -0.2) is 4.39 Å². The molecule has 0 bridgehead atoms. The Morgan fingerprint density at radius 3 is 2.67 bits per heavy atom. The van der Waals surface area contributed by atoms with Crippen molar-refractivity contribution in [3.63, 3.8) is 0 Å². The summed E-state index contributed by atoms with van der Waals surface area (Å²) in [5, 5.41) is 3.30. The van der Waals surface area contributed by atoms with E-state index in [1.807, 2.05) is 31.3 Å². The zero-order chi connectivity index (χ0) is 15.2. The molecule has 0 aliphatic heterocycles. The topological polar surface area (TPSA) is 21.3 Å². The molecule has 1 atom stereocenters. The fourth-order valence-corrected chi connectivity index (χ4v) is 2.76. The van der Waals surface area contributed by atoms with E-state index in [1.54, 1.807) is 13.2 Å². The zero-order valence-corrected chi connectivity index (χ0v) is 13.8. The van der Waals surface area contributed by atoms with Crippen molar-refractivity contribution < 1.29 is 9.13 Å². The molecule has 0 radical (unpaired) electrons. The predicted molar refractivity (Wildman–Crippen MR) is 87.3 cm³/mol. The van der Waals surface area contributed by atoms with Gasteiger partial charge in [-0.3, -0.25) is 0 Å². The first-order valence-electron chi connectivity index (χ1n) is 6.87. The zero-order valence-electron chi connectivity index (χ0n) is 12.2. The third-order valence-corrected chi connectivity index (χ3v) is 4.41. The van der Waals surface area contributed by atoms with Crippen molar-refractivity contribution in [1.82, 2.24) is 5.32 Å². The van der Waals surface area contributed by atoms with Crippen molar-refractivity contribution in [2.45, 2.75) is 18.9 Å². The van der Waals surface area contributed by atoms with Crippen LogP contribution in [0.2, 0.25) is 0 Å². The molecular formula is C17H19BrFNO. The molecule has 2 nitrogen and oxygen atoms in total. The Hall–Kier alpha value is -1.39. The lowest BCUT2D eigenvalue weighted by molar-refractivity contribution is 0.414. The highest BCUT2D eigenvalue weighted by Crippen LogP contribution is 2.23. The summed E-state index contributed by atoms with van der Waals surface area (Å²) in [6, 6.07) is 13.4. The number of halogens is 2. The molecule has 2 rings (SSSR count). The lowest BCUT2D eigenvalue weighted by atomic mass is 9.99. The van der Waals surface area contributed by atoms with Crippen LogP contribution in [0, 0.1) is 5.82 Å². The molecule has 2 aromatic carbocycles. The molecule has 0 aliphatic rings. The normalized spacial score (nSPS) is 12.2. The highest BCUT2D eigenvalue weighted by molar-refractivity contribution is 9.10. The Morgan fingerprint density at radius 2 is 1.95 bits per heavy atom. The molecule has 0 aromatic heterocycles. The van der Waals surface area contributed by atoms with Gasteiger partial charge in [-0.05, 0) is 65.1 Å². The highest BCUT2D eigenvalue weighted by Gasteiger charge is 2.13. The molecule has 4 heteroatoms. The number of hydrogen-bond acceptors (Lipinski definition) is 2. The van der Waals surface area contributed by atoms with Crippen LogP contribution in [-0.2, 0) is 12.8 Å². The minimum absolute atomic E-state index is 0.219. The van der Waals surface area contributed by atoms with Crippen LogP contribution < -0.4 is 10.1 Å². The van der Waals surface area contributed by atoms with E-state index in [1.165, 1.54) is 11.6 Å². The Morgan fingerprint density at radius 1 is 1.19 bits per heavy atom. The van der Waals surface area contributed by atoms with E-state index < -0.39 is 0 Å². The van der Waals surface area contributed by atoms with Crippen molar-refractivity contribution in [2.75, 3.05) is 14.2 Å². The molecule has 0 fully saturated rings. The van der Waals surface area contributed by atoms with Crippen molar-refractivity contribution in [1.29, 1.82) is 0 Å². The average Bonchev–Trinajstić information content (AvgIpc) is 2.51. The van der Waals surface area contributed by atoms with Crippen molar-refractivity contribution in [3.8, 4) is 5.75 Å². The van der Waals surface area contributed by atoms with E-state index in [4.69, 9.17) is 4.74 Å². The Bertz CT molecular complexity index is 603. The molecule has 1 N–H and O–H groups in total. The number of ether oxygens (including phenoxy) is 1. The van der Waals surface area contributed by atoms with Gasteiger partial charge in [-0.2, -0.15) is 0 Å². The van der Waals surface area contributed by atoms with Crippen molar-refractivity contribution in [3.05, 3.63) is 63.9 Å². The molecule has 21 heavy (non-hydrogen) atoms. The summed E-state index contributed by atoms with van der Waals surface area (Å²) < 4.78 is 19.4. The molecule has 0 amide bonds. The maximum atomic E-state index is 13.6. The first kappa shape index (κ1) is 16.0. The monoisotopic (exact) mass is 351 g/mol. The summed E-state index contributed by atoms with van der Waals surface area (Å²) in [7, 11) is 3.59. The third kappa shape index (κ3) is 4.29. The van der Waals surface area contributed by atoms with Crippen LogP contribution in [0.25, 0.3) is 0 Å². The maximum absolute atomic E-state index is 13.6. The fourth-order valence-electron chi connectivity index (χ4n) is 2.33. The minimum atomic E-state index is -0.219. The van der Waals surface area contributed by atoms with Crippen LogP contribution in [0.5, 0.6) is 5.75 Å². The quantitative estimate of drug-likeness (QED) is 0.850. The van der Waals surface area contributed by atoms with E-state index >= 15 is 0 Å². The van der Waals surface area contributed by atoms with Gasteiger partial charge < -0.3 is 10.1 Å². The minimum Gasteiger partial charge on any atom is -0.497 e. The number of hydrogen-bond donors (Lipinski definition) is 1. The first-order valence-corrected chi connectivity index (χ1v) is 7.66. The number of rotatable bonds is 6. The number of methoxy groups -OCH3 is 1. The lowest BCUT2D eigenvalue weighted by Gasteiger charge is -2.18. The van der Waals surface area contributed by atoms with Gasteiger partial charge in [0, 0.05) is 6.04 Å². The van der Waals surface area contributed by atoms with Gasteiger partial charge in [-0.1, -0.05) is 24.3 Å². The number of likely N-dealkylation sites (N-methyl/N-ethyl adjacent to an activating group) is 1. The van der Waals surface area contributed by atoms with Gasteiger partial charge >= 0.3 is 0 Å². The molecule has 0 aliphatic carbocycles. The van der Waals surface area contributed by atoms with Crippen LogP contribution in [0.4, 0.5) is 4.39 Å². The van der Waals surface area contributed by atoms with Gasteiger partial charge in [0.15, 0.2) is 0 Å². The summed E-state index contributed by atoms with van der Waals surface area (Å²) in [5.41, 5.74) is 2.17. The predicted octanol–water partition coefficient (Wildman–Crippen LogP) is 3.97. The van der Waals surface area contributed by atoms with Crippen LogP contribution in [0.15, 0.2) is 46.9 Å². The van der Waals surface area contributed by atoms with E-state index in [0.717, 1.165) is 24.2 Å². The van der Waals surface area contributed by atoms with Crippen molar-refractivity contribution in [2.24, 2.45) is 0 Å². The molecule has 1 unspecified atom stereocenters. The van der Waals surface area contributed by atoms with Crippen molar-refractivity contribution >= 4 is 15.9 Å². The summed E-state index contributed by atoms with van der Waals surface area (Å²) in [5.74, 6) is 0.637. The first-order chi connectivity index (χ1) is 10.1. The van der Waals surface area contributed by atoms with Gasteiger partial charge in [0.1, 0.15) is 11.6 Å². The molecule has 2 aromatic rings. The number of nitrogens with one attached hydrogen (secondary N) is 1. The van der Waals surface area contributed by atoms with Crippen LogP contribution >= 0.6 is 15.9 Å². The van der Waals surface area contributed by atoms with Crippen LogP contribution in [0.1, 0.15) is 11.1 Å². The molecular weight excluding hydrogens is 333 g/mol. The molecule has 0 saturated carbocycles. The molecule has 112 valence electrons. The van der Waals surface area contributed by atoms with E-state index in [2.05, 4.69) is 27.3 Å². The second kappa shape index (κ2) is 7.57. The Kier molecular flexibility index (Phi) is 5.76. The molecule has 0 heterocycles. The number of benzene rings is 2. The van der Waals surface area contributed by atoms with E-state index in [0.29, 0.717) is 4.47 Å². The fraction of sp³-hybridized carbons (Fsp3) is 0.294. The summed E-state index contributed by atoms with van der Waals surface area (Å²) in [6.45, 7) is 0. The average molecular weight is 352 g/mol. The van der Waals surface area contributed by atoms with Gasteiger partial charge in [-0.15, -0.1) is 0 Å². The van der Waals surface area contributed by atoms with Gasteiger partial charge in [0.2, 0.25) is 0 Å². The van der Waals surface area contributed by atoms with Crippen LogP contribution in [-0.4, -0.2) is 20.2 Å². The summed E-state index contributed by atoms with van der Waals surface area (Å²) in [4.78, 5) is 0. The van der Waals surface area contributed by atoms with E-state index in [9.17, 15) is 4.39 Å². The second-order valence-corrected chi connectivity index (χ2v) is 5.75. The summed E-state index contributed by atoms with van der Waals surface area (Å²) in [6.07, 6.45) is 1.61. The summed E-state index contributed by atoms with van der Waals surface area (Å²) >= 11 is 3.32. The van der Waals surface area contributed by atoms with Gasteiger partial charge in [0.25, 0.3) is 0 Å². The highest BCUT2D eigenvalue weighted by atomic mass is 79.9. The Labute approximate surface area is 133 Å². The molecule has 0 spiro atoms. The second-order valence-electron chi connectivity index (χ2n) is 4.96.